The molecule has 3 nitrogen and oxygen atoms in total. The quantitative estimate of drug-likeness (QED) is 0.618. The third-order valence-electron chi connectivity index (χ3n) is 1.33. The molecular formula is C8H13NO2. The molecule has 0 aromatic carbocycles. The molecule has 0 spiro atoms. The van der Waals surface area contributed by atoms with Gasteiger partial charge in [0.15, 0.2) is 5.78 Å². The molecule has 1 N–H and O–H groups in total. The molecular weight excluding hydrogens is 142 g/mol. The highest BCUT2D eigenvalue weighted by Crippen LogP contribution is 1.90. The highest BCUT2D eigenvalue weighted by atomic mass is 16.1. The largest absolute Gasteiger partial charge is 0.332 e. The molecule has 0 radical (unpaired) electrons. The highest BCUT2D eigenvalue weighted by molar-refractivity contribution is 5.93. The Morgan fingerprint density at radius 2 is 1.91 bits per heavy atom. The van der Waals surface area contributed by atoms with Crippen molar-refractivity contribution in [1.29, 1.82) is 0 Å². The van der Waals surface area contributed by atoms with Crippen LogP contribution in [0.3, 0.4) is 0 Å². The molecule has 0 fully saturated rings. The summed E-state index contributed by atoms with van der Waals surface area (Å²) in [4.78, 5) is 21.3. The van der Waals surface area contributed by atoms with E-state index in [1.54, 1.807) is 13.8 Å². The number of nitrogens with one attached hydrogen (secondary N) is 1. The van der Waals surface area contributed by atoms with Gasteiger partial charge in [-0.25, -0.2) is 0 Å². The number of amides is 1. The predicted octanol–water partition coefficient (Wildman–Crippen LogP) is 1.01. The van der Waals surface area contributed by atoms with Gasteiger partial charge in [0, 0.05) is 18.2 Å². The zero-order chi connectivity index (χ0) is 8.85. The van der Waals surface area contributed by atoms with Crippen molar-refractivity contribution in [1.82, 2.24) is 5.32 Å². The molecule has 62 valence electrons. The standard InChI is InChI=1S/C8H13NO2/c1-4-8(11)9-5-6(2)7(3)10/h5H,4H2,1-3H3,(H,9,11)/b6-5+. The Morgan fingerprint density at radius 1 is 1.36 bits per heavy atom. The number of rotatable bonds is 3. The van der Waals surface area contributed by atoms with E-state index in [2.05, 4.69) is 5.32 Å². The maximum absolute atomic E-state index is 10.7. The summed E-state index contributed by atoms with van der Waals surface area (Å²) in [6.07, 6.45) is 1.87. The Bertz CT molecular complexity index is 194. The number of Topliss-reactive ketones (excluding diaryl/α,β-unsaturated/α-hetero) is 1. The molecule has 0 rings (SSSR count). The third kappa shape index (κ3) is 4.31. The smallest absolute Gasteiger partial charge is 0.223 e. The zero-order valence-electron chi connectivity index (χ0n) is 7.10. The SMILES string of the molecule is CCC(=O)N/C=C(\C)C(C)=O. The van der Waals surface area contributed by atoms with E-state index in [0.29, 0.717) is 12.0 Å². The van der Waals surface area contributed by atoms with Gasteiger partial charge in [0.1, 0.15) is 0 Å². The van der Waals surface area contributed by atoms with Crippen LogP contribution in [0.15, 0.2) is 11.8 Å². The molecule has 1 amide bonds. The van der Waals surface area contributed by atoms with Crippen LogP contribution in [0.1, 0.15) is 27.2 Å². The van der Waals surface area contributed by atoms with E-state index in [0.717, 1.165) is 0 Å². The lowest BCUT2D eigenvalue weighted by atomic mass is 10.2. The monoisotopic (exact) mass is 155 g/mol. The van der Waals surface area contributed by atoms with Crippen molar-refractivity contribution in [3.05, 3.63) is 11.8 Å². The first-order valence-corrected chi connectivity index (χ1v) is 3.55. The fourth-order valence-electron chi connectivity index (χ4n) is 0.392. The third-order valence-corrected chi connectivity index (χ3v) is 1.33. The van der Waals surface area contributed by atoms with Gasteiger partial charge in [-0.2, -0.15) is 0 Å². The number of allylic oxidation sites excluding steroid dienone is 1. The van der Waals surface area contributed by atoms with Gasteiger partial charge in [-0.1, -0.05) is 6.92 Å². The summed E-state index contributed by atoms with van der Waals surface area (Å²) in [6, 6.07) is 0. The molecule has 0 saturated heterocycles. The van der Waals surface area contributed by atoms with Crippen LogP contribution >= 0.6 is 0 Å². The van der Waals surface area contributed by atoms with E-state index in [1.165, 1.54) is 13.1 Å². The summed E-state index contributed by atoms with van der Waals surface area (Å²) in [6.45, 7) is 4.88. The van der Waals surface area contributed by atoms with Gasteiger partial charge >= 0.3 is 0 Å². The van der Waals surface area contributed by atoms with Gasteiger partial charge < -0.3 is 5.32 Å². The second kappa shape index (κ2) is 4.66. The highest BCUT2D eigenvalue weighted by Gasteiger charge is 1.96. The molecule has 0 heterocycles. The van der Waals surface area contributed by atoms with Crippen LogP contribution in [0.4, 0.5) is 0 Å². The normalized spacial score (nSPS) is 11.0. The number of carbonyl (C=O) groups excluding carboxylic acids is 2. The van der Waals surface area contributed by atoms with Gasteiger partial charge in [0.05, 0.1) is 0 Å². The first-order valence-electron chi connectivity index (χ1n) is 3.55. The molecule has 0 aliphatic heterocycles. The Hall–Kier alpha value is -1.12. The van der Waals surface area contributed by atoms with Crippen LogP contribution in [-0.4, -0.2) is 11.7 Å². The van der Waals surface area contributed by atoms with Gasteiger partial charge in [0.25, 0.3) is 0 Å². The molecule has 11 heavy (non-hydrogen) atoms. The van der Waals surface area contributed by atoms with E-state index in [-0.39, 0.29) is 11.7 Å². The van der Waals surface area contributed by atoms with Crippen LogP contribution < -0.4 is 5.32 Å². The molecule has 0 aromatic rings. The average Bonchev–Trinajstić information content (AvgIpc) is 1.99. The summed E-state index contributed by atoms with van der Waals surface area (Å²) in [5.74, 6) is -0.105. The summed E-state index contributed by atoms with van der Waals surface area (Å²) in [5.41, 5.74) is 0.562. The first kappa shape index (κ1) is 9.88. The number of hydrogen-bond donors (Lipinski definition) is 1. The molecule has 0 atom stereocenters. The van der Waals surface area contributed by atoms with Crippen LogP contribution in [-0.2, 0) is 9.59 Å². The number of ketones is 1. The Balaban J connectivity index is 3.92. The van der Waals surface area contributed by atoms with Gasteiger partial charge in [-0.15, -0.1) is 0 Å². The molecule has 0 aliphatic rings. The molecule has 0 aromatic heterocycles. The van der Waals surface area contributed by atoms with Crippen LogP contribution in [0.2, 0.25) is 0 Å². The van der Waals surface area contributed by atoms with E-state index >= 15 is 0 Å². The lowest BCUT2D eigenvalue weighted by molar-refractivity contribution is -0.119. The second-order valence-corrected chi connectivity index (χ2v) is 2.30. The van der Waals surface area contributed by atoms with E-state index in [1.807, 2.05) is 0 Å². The van der Waals surface area contributed by atoms with Crippen molar-refractivity contribution in [2.24, 2.45) is 0 Å². The average molecular weight is 155 g/mol. The predicted molar refractivity (Wildman–Crippen MR) is 42.9 cm³/mol. The molecule has 0 bridgehead atoms. The van der Waals surface area contributed by atoms with Crippen LogP contribution in [0.25, 0.3) is 0 Å². The molecule has 0 unspecified atom stereocenters. The summed E-state index contributed by atoms with van der Waals surface area (Å²) < 4.78 is 0. The van der Waals surface area contributed by atoms with E-state index in [4.69, 9.17) is 0 Å². The zero-order valence-corrected chi connectivity index (χ0v) is 7.10. The Kier molecular flexibility index (Phi) is 4.18. The minimum Gasteiger partial charge on any atom is -0.332 e. The van der Waals surface area contributed by atoms with Crippen molar-refractivity contribution in [2.75, 3.05) is 0 Å². The fraction of sp³-hybridized carbons (Fsp3) is 0.500. The second-order valence-electron chi connectivity index (χ2n) is 2.30. The minimum absolute atomic E-state index is 0.0265. The molecule has 3 heteroatoms. The van der Waals surface area contributed by atoms with Crippen LogP contribution in [0, 0.1) is 0 Å². The van der Waals surface area contributed by atoms with Crippen molar-refractivity contribution in [3.8, 4) is 0 Å². The van der Waals surface area contributed by atoms with Crippen molar-refractivity contribution in [2.45, 2.75) is 27.2 Å². The number of carbonyl (C=O) groups is 2. The van der Waals surface area contributed by atoms with Crippen LogP contribution in [0.5, 0.6) is 0 Å². The molecule has 0 aliphatic carbocycles. The summed E-state index contributed by atoms with van der Waals surface area (Å²) in [5, 5.41) is 2.49. The van der Waals surface area contributed by atoms with Gasteiger partial charge in [-0.3, -0.25) is 9.59 Å². The maximum atomic E-state index is 10.7. The Labute approximate surface area is 66.5 Å². The van der Waals surface area contributed by atoms with Gasteiger partial charge in [-0.05, 0) is 13.8 Å². The van der Waals surface area contributed by atoms with E-state index < -0.39 is 0 Å². The van der Waals surface area contributed by atoms with Crippen molar-refractivity contribution in [3.63, 3.8) is 0 Å². The number of hydrogen-bond acceptors (Lipinski definition) is 2. The van der Waals surface area contributed by atoms with Crippen molar-refractivity contribution >= 4 is 11.7 Å². The molecule has 0 saturated carbocycles. The summed E-state index contributed by atoms with van der Waals surface area (Å²) in [7, 11) is 0. The summed E-state index contributed by atoms with van der Waals surface area (Å²) >= 11 is 0. The topological polar surface area (TPSA) is 46.2 Å². The van der Waals surface area contributed by atoms with Gasteiger partial charge in [0.2, 0.25) is 5.91 Å². The lowest BCUT2D eigenvalue weighted by Crippen LogP contribution is -2.16. The maximum Gasteiger partial charge on any atom is 0.223 e. The van der Waals surface area contributed by atoms with Crippen molar-refractivity contribution < 1.29 is 9.59 Å². The fourth-order valence-corrected chi connectivity index (χ4v) is 0.392. The minimum atomic E-state index is -0.0781. The Morgan fingerprint density at radius 3 is 2.27 bits per heavy atom. The lowest BCUT2D eigenvalue weighted by Gasteiger charge is -1.96. The van der Waals surface area contributed by atoms with E-state index in [9.17, 15) is 9.59 Å². The first-order chi connectivity index (χ1) is 5.07.